The van der Waals surface area contributed by atoms with E-state index in [4.69, 9.17) is 5.11 Å². The molecule has 0 aromatic heterocycles. The van der Waals surface area contributed by atoms with Crippen LogP contribution in [0.2, 0.25) is 0 Å². The Morgan fingerprint density at radius 2 is 1.86 bits per heavy atom. The summed E-state index contributed by atoms with van der Waals surface area (Å²) in [7, 11) is 0. The van der Waals surface area contributed by atoms with Crippen LogP contribution in [-0.4, -0.2) is 40.8 Å². The number of Topliss-reactive ketones (excluding diaryl/α,β-unsaturated/α-hetero) is 1. The van der Waals surface area contributed by atoms with Crippen LogP contribution in [0.4, 0.5) is 4.39 Å². The Kier molecular flexibility index (Phi) is 4.67. The summed E-state index contributed by atoms with van der Waals surface area (Å²) in [5, 5.41) is 8.88. The molecule has 1 aliphatic heterocycles. The van der Waals surface area contributed by atoms with Crippen molar-refractivity contribution in [3.05, 3.63) is 35.6 Å². The summed E-state index contributed by atoms with van der Waals surface area (Å²) in [5.74, 6) is -2.26. The predicted molar refractivity (Wildman–Crippen MR) is 72.3 cm³/mol. The average molecular weight is 293 g/mol. The molecule has 1 fully saturated rings. The van der Waals surface area contributed by atoms with Gasteiger partial charge in [0, 0.05) is 31.5 Å². The topological polar surface area (TPSA) is 74.7 Å². The van der Waals surface area contributed by atoms with E-state index in [2.05, 4.69) is 0 Å². The zero-order valence-electron chi connectivity index (χ0n) is 11.4. The maximum absolute atomic E-state index is 12.8. The third kappa shape index (κ3) is 3.87. The van der Waals surface area contributed by atoms with Gasteiger partial charge in [0.25, 0.3) is 0 Å². The molecule has 6 heteroatoms. The van der Waals surface area contributed by atoms with Crippen molar-refractivity contribution < 1.29 is 23.9 Å². The molecule has 0 bridgehead atoms. The highest BCUT2D eigenvalue weighted by Gasteiger charge is 2.30. The molecular formula is C15H16FNO4. The van der Waals surface area contributed by atoms with Gasteiger partial charge < -0.3 is 10.0 Å². The first-order valence-electron chi connectivity index (χ1n) is 6.76. The van der Waals surface area contributed by atoms with E-state index in [1.807, 2.05) is 0 Å². The van der Waals surface area contributed by atoms with Gasteiger partial charge in [0.05, 0.1) is 5.92 Å². The standard InChI is InChI=1S/C15H16FNO4/c16-12-3-1-10(2-4-12)13(18)5-6-14(19)17-8-7-11(9-17)15(20)21/h1-4,11H,5-9H2,(H,20,21). The summed E-state index contributed by atoms with van der Waals surface area (Å²) in [6.07, 6.45) is 0.536. The van der Waals surface area contributed by atoms with E-state index in [1.54, 1.807) is 0 Å². The molecular weight excluding hydrogens is 277 g/mol. The number of ketones is 1. The fraction of sp³-hybridized carbons (Fsp3) is 0.400. The number of rotatable bonds is 5. The van der Waals surface area contributed by atoms with Crippen LogP contribution < -0.4 is 0 Å². The second-order valence-electron chi connectivity index (χ2n) is 5.09. The maximum atomic E-state index is 12.8. The van der Waals surface area contributed by atoms with Crippen molar-refractivity contribution >= 4 is 17.7 Å². The molecule has 0 radical (unpaired) electrons. The van der Waals surface area contributed by atoms with Gasteiger partial charge in [-0.25, -0.2) is 4.39 Å². The number of carbonyl (C=O) groups excluding carboxylic acids is 2. The van der Waals surface area contributed by atoms with Crippen LogP contribution in [0.3, 0.4) is 0 Å². The SMILES string of the molecule is O=C(CCC(=O)N1CCC(C(=O)O)C1)c1ccc(F)cc1. The fourth-order valence-corrected chi connectivity index (χ4v) is 2.35. The van der Waals surface area contributed by atoms with E-state index in [9.17, 15) is 18.8 Å². The van der Waals surface area contributed by atoms with E-state index < -0.39 is 17.7 Å². The minimum atomic E-state index is -0.896. The highest BCUT2D eigenvalue weighted by molar-refractivity contribution is 5.98. The molecule has 1 aromatic carbocycles. The lowest BCUT2D eigenvalue weighted by molar-refractivity contribution is -0.141. The average Bonchev–Trinajstić information content (AvgIpc) is 2.95. The Hall–Kier alpha value is -2.24. The quantitative estimate of drug-likeness (QED) is 0.839. The van der Waals surface area contributed by atoms with Crippen LogP contribution in [0.25, 0.3) is 0 Å². The Morgan fingerprint density at radius 3 is 2.43 bits per heavy atom. The minimum absolute atomic E-state index is 0.0404. The molecule has 1 aromatic rings. The monoisotopic (exact) mass is 293 g/mol. The lowest BCUT2D eigenvalue weighted by Crippen LogP contribution is -2.30. The molecule has 0 saturated carbocycles. The van der Waals surface area contributed by atoms with E-state index in [0.717, 1.165) is 0 Å². The van der Waals surface area contributed by atoms with E-state index in [1.165, 1.54) is 29.2 Å². The largest absolute Gasteiger partial charge is 0.481 e. The summed E-state index contributed by atoms with van der Waals surface area (Å²) < 4.78 is 12.8. The number of nitrogens with zero attached hydrogens (tertiary/aromatic N) is 1. The summed E-state index contributed by atoms with van der Waals surface area (Å²) in [6, 6.07) is 5.18. The molecule has 0 aliphatic carbocycles. The first kappa shape index (κ1) is 15.2. The Labute approximate surface area is 121 Å². The van der Waals surface area contributed by atoms with Crippen molar-refractivity contribution in [1.82, 2.24) is 4.90 Å². The van der Waals surface area contributed by atoms with E-state index >= 15 is 0 Å². The number of benzene rings is 1. The molecule has 5 nitrogen and oxygen atoms in total. The molecule has 1 saturated heterocycles. The number of carbonyl (C=O) groups is 3. The van der Waals surface area contributed by atoms with Gasteiger partial charge in [0.2, 0.25) is 5.91 Å². The summed E-state index contributed by atoms with van der Waals surface area (Å²) >= 11 is 0. The number of carboxylic acids is 1. The second kappa shape index (κ2) is 6.47. The van der Waals surface area contributed by atoms with Gasteiger partial charge in [-0.05, 0) is 30.7 Å². The molecule has 1 heterocycles. The Balaban J connectivity index is 1.83. The van der Waals surface area contributed by atoms with Crippen molar-refractivity contribution in [2.45, 2.75) is 19.3 Å². The summed E-state index contributed by atoms with van der Waals surface area (Å²) in [6.45, 7) is 0.624. The van der Waals surface area contributed by atoms with Crippen molar-refractivity contribution in [3.8, 4) is 0 Å². The first-order valence-corrected chi connectivity index (χ1v) is 6.76. The van der Waals surface area contributed by atoms with Crippen LogP contribution in [0, 0.1) is 11.7 Å². The number of halogens is 1. The third-order valence-electron chi connectivity index (χ3n) is 3.62. The number of amides is 1. The third-order valence-corrected chi connectivity index (χ3v) is 3.62. The summed E-state index contributed by atoms with van der Waals surface area (Å²) in [5.41, 5.74) is 0.369. The maximum Gasteiger partial charge on any atom is 0.308 e. The Morgan fingerprint density at radius 1 is 1.19 bits per heavy atom. The van der Waals surface area contributed by atoms with Crippen LogP contribution in [0.1, 0.15) is 29.6 Å². The highest BCUT2D eigenvalue weighted by Crippen LogP contribution is 2.18. The molecule has 1 aliphatic rings. The van der Waals surface area contributed by atoms with Gasteiger partial charge >= 0.3 is 5.97 Å². The van der Waals surface area contributed by atoms with Crippen LogP contribution in [-0.2, 0) is 9.59 Å². The van der Waals surface area contributed by atoms with Crippen LogP contribution in [0.5, 0.6) is 0 Å². The van der Waals surface area contributed by atoms with E-state index in [0.29, 0.717) is 18.5 Å². The van der Waals surface area contributed by atoms with Crippen molar-refractivity contribution in [2.24, 2.45) is 5.92 Å². The van der Waals surface area contributed by atoms with Gasteiger partial charge in [-0.3, -0.25) is 14.4 Å². The zero-order chi connectivity index (χ0) is 15.4. The molecule has 2 rings (SSSR count). The van der Waals surface area contributed by atoms with Gasteiger partial charge in [0.15, 0.2) is 5.78 Å². The van der Waals surface area contributed by atoms with E-state index in [-0.39, 0.29) is 31.1 Å². The molecule has 112 valence electrons. The normalized spacial score (nSPS) is 17.8. The van der Waals surface area contributed by atoms with Crippen LogP contribution in [0.15, 0.2) is 24.3 Å². The minimum Gasteiger partial charge on any atom is -0.481 e. The van der Waals surface area contributed by atoms with Gasteiger partial charge in [0.1, 0.15) is 5.82 Å². The molecule has 0 spiro atoms. The number of hydrogen-bond donors (Lipinski definition) is 1. The van der Waals surface area contributed by atoms with Crippen LogP contribution >= 0.6 is 0 Å². The zero-order valence-corrected chi connectivity index (χ0v) is 11.4. The number of likely N-dealkylation sites (tertiary alicyclic amines) is 1. The number of aliphatic carboxylic acids is 1. The lowest BCUT2D eigenvalue weighted by atomic mass is 10.1. The van der Waals surface area contributed by atoms with Gasteiger partial charge in [-0.2, -0.15) is 0 Å². The fourth-order valence-electron chi connectivity index (χ4n) is 2.35. The van der Waals surface area contributed by atoms with Gasteiger partial charge in [-0.15, -0.1) is 0 Å². The number of hydrogen-bond acceptors (Lipinski definition) is 3. The second-order valence-corrected chi connectivity index (χ2v) is 5.09. The van der Waals surface area contributed by atoms with Crippen molar-refractivity contribution in [1.29, 1.82) is 0 Å². The lowest BCUT2D eigenvalue weighted by Gasteiger charge is -2.15. The Bertz CT molecular complexity index is 555. The van der Waals surface area contributed by atoms with Crippen molar-refractivity contribution in [2.75, 3.05) is 13.1 Å². The molecule has 1 atom stereocenters. The molecule has 21 heavy (non-hydrogen) atoms. The molecule has 1 unspecified atom stereocenters. The summed E-state index contributed by atoms with van der Waals surface area (Å²) in [4.78, 5) is 36.1. The smallest absolute Gasteiger partial charge is 0.308 e. The van der Waals surface area contributed by atoms with Gasteiger partial charge in [-0.1, -0.05) is 0 Å². The van der Waals surface area contributed by atoms with Crippen molar-refractivity contribution in [3.63, 3.8) is 0 Å². The molecule has 1 N–H and O–H groups in total. The number of carboxylic acid groups (broad SMARTS) is 1. The molecule has 1 amide bonds. The predicted octanol–water partition coefficient (Wildman–Crippen LogP) is 1.72. The highest BCUT2D eigenvalue weighted by atomic mass is 19.1. The first-order chi connectivity index (χ1) is 9.97.